The van der Waals surface area contributed by atoms with Crippen molar-refractivity contribution in [3.63, 3.8) is 0 Å². The molecule has 0 amide bonds. The van der Waals surface area contributed by atoms with Gasteiger partial charge < -0.3 is 18.9 Å². The van der Waals surface area contributed by atoms with E-state index >= 15 is 0 Å². The van der Waals surface area contributed by atoms with Crippen molar-refractivity contribution in [2.45, 2.75) is 67.2 Å². The van der Waals surface area contributed by atoms with Crippen molar-refractivity contribution < 1.29 is 38.1 Å². The first-order valence-electron chi connectivity index (χ1n) is 15.3. The van der Waals surface area contributed by atoms with Crippen LogP contribution in [0.4, 0.5) is 0 Å². The van der Waals surface area contributed by atoms with Gasteiger partial charge in [-0.3, -0.25) is 0 Å². The highest BCUT2D eigenvalue weighted by Gasteiger charge is 2.39. The molecule has 2 saturated carbocycles. The third-order valence-electron chi connectivity index (χ3n) is 9.06. The molecule has 4 atom stereocenters. The number of esters is 4. The number of benzene rings is 2. The van der Waals surface area contributed by atoms with Crippen molar-refractivity contribution in [3.05, 3.63) is 53.4 Å². The number of ether oxygens (including phenoxy) is 4. The summed E-state index contributed by atoms with van der Waals surface area (Å²) in [7, 11) is 0. The molecular weight excluding hydrogens is 749 g/mol. The predicted octanol–water partition coefficient (Wildman–Crippen LogP) is 10.6. The smallest absolute Gasteiger partial charge is 0.423 e. The van der Waals surface area contributed by atoms with E-state index in [1.54, 1.807) is 0 Å². The fourth-order valence-electron chi connectivity index (χ4n) is 7.01. The second-order valence-electron chi connectivity index (χ2n) is 14.3. The minimum atomic E-state index is -1.64. The fourth-order valence-corrected chi connectivity index (χ4v) is 8.45. The topological polar surface area (TPSA) is 105 Å². The van der Waals surface area contributed by atoms with Crippen LogP contribution in [0.15, 0.2) is 12.1 Å². The average molecular weight is 785 g/mol. The van der Waals surface area contributed by atoms with Gasteiger partial charge in [0.25, 0.3) is 0 Å². The fraction of sp³-hybridized carbons (Fsp3) is 0.529. The summed E-state index contributed by atoms with van der Waals surface area (Å²) in [6.45, 7) is 12.9. The Morgan fingerprint density at radius 2 is 0.938 bits per heavy atom. The Hall–Kier alpha value is -1.94. The van der Waals surface area contributed by atoms with Gasteiger partial charge in [-0.2, -0.15) is 0 Å². The first-order valence-corrected chi connectivity index (χ1v) is 17.6. The molecule has 2 aromatic carbocycles. The van der Waals surface area contributed by atoms with Crippen molar-refractivity contribution in [2.75, 3.05) is 13.2 Å². The Bertz CT molecular complexity index is 1520. The summed E-state index contributed by atoms with van der Waals surface area (Å²) in [5.74, 6) is -5.59. The second-order valence-corrected chi connectivity index (χ2v) is 16.7. The lowest BCUT2D eigenvalue weighted by Crippen LogP contribution is -2.28. The third-order valence-corrected chi connectivity index (χ3v) is 11.2. The molecule has 0 saturated heterocycles. The maximum absolute atomic E-state index is 13.3. The van der Waals surface area contributed by atoms with E-state index in [1.165, 1.54) is 0 Å². The van der Waals surface area contributed by atoms with Crippen LogP contribution in [-0.4, -0.2) is 37.1 Å². The summed E-state index contributed by atoms with van der Waals surface area (Å²) in [5.41, 5.74) is -0.731. The summed E-state index contributed by atoms with van der Waals surface area (Å²) in [6, 6.07) is 2.27. The molecule has 0 aliphatic heterocycles. The lowest BCUT2D eigenvalue weighted by Gasteiger charge is -2.19. The molecule has 0 heterocycles. The van der Waals surface area contributed by atoms with Gasteiger partial charge in [-0.05, 0) is 72.3 Å². The van der Waals surface area contributed by atoms with Gasteiger partial charge in [0, 0.05) is 0 Å². The molecule has 262 valence electrons. The van der Waals surface area contributed by atoms with Gasteiger partial charge >= 0.3 is 23.9 Å². The van der Waals surface area contributed by atoms with E-state index in [4.69, 9.17) is 88.6 Å². The lowest BCUT2D eigenvalue weighted by atomic mass is 9.90. The number of hydrogen-bond donors (Lipinski definition) is 0. The minimum Gasteiger partial charge on any atom is -0.462 e. The van der Waals surface area contributed by atoms with Crippen LogP contribution in [0.3, 0.4) is 0 Å². The van der Waals surface area contributed by atoms with Crippen LogP contribution in [0.5, 0.6) is 11.5 Å². The predicted molar refractivity (Wildman–Crippen MR) is 186 cm³/mol. The van der Waals surface area contributed by atoms with E-state index in [2.05, 4.69) is 41.5 Å². The molecule has 4 rings (SSSR count). The number of hydrogen-bond acceptors (Lipinski definition) is 8. The molecule has 4 unspecified atom stereocenters. The van der Waals surface area contributed by atoms with E-state index in [9.17, 15) is 19.2 Å². The quantitative estimate of drug-likeness (QED) is 0.113. The second kappa shape index (κ2) is 15.1. The van der Waals surface area contributed by atoms with Crippen molar-refractivity contribution in [1.82, 2.24) is 0 Å². The highest BCUT2D eigenvalue weighted by molar-refractivity contribution is 6.47. The van der Waals surface area contributed by atoms with Crippen LogP contribution >= 0.6 is 69.6 Å². The number of carbonyl (C=O) groups excluding carboxylic acids is 4. The lowest BCUT2D eigenvalue weighted by molar-refractivity contribution is -0.156. The van der Waals surface area contributed by atoms with Gasteiger partial charge in [0.15, 0.2) is 11.5 Å². The van der Waals surface area contributed by atoms with E-state index in [1.807, 2.05) is 0 Å². The van der Waals surface area contributed by atoms with Crippen molar-refractivity contribution in [3.8, 4) is 11.5 Å². The van der Waals surface area contributed by atoms with Gasteiger partial charge in [-0.15, -0.1) is 0 Å². The van der Waals surface area contributed by atoms with Crippen LogP contribution < -0.4 is 9.47 Å². The number of carbonyl (C=O) groups is 4. The Morgan fingerprint density at radius 3 is 1.23 bits per heavy atom. The number of rotatable bonds is 8. The van der Waals surface area contributed by atoms with Crippen LogP contribution in [0.25, 0.3) is 0 Å². The van der Waals surface area contributed by atoms with Gasteiger partial charge in [0.2, 0.25) is 0 Å². The Labute approximate surface area is 309 Å². The molecule has 0 N–H and O–H groups in total. The summed E-state index contributed by atoms with van der Waals surface area (Å²) in [5, 5.41) is -1.47. The highest BCUT2D eigenvalue weighted by atomic mass is 35.5. The molecule has 0 aromatic heterocycles. The Morgan fingerprint density at radius 1 is 0.604 bits per heavy atom. The summed E-state index contributed by atoms with van der Waals surface area (Å²) >= 11 is 37.6. The van der Waals surface area contributed by atoms with Crippen LogP contribution in [-0.2, 0) is 19.1 Å². The summed E-state index contributed by atoms with van der Waals surface area (Å²) in [6.07, 6.45) is 3.60. The maximum atomic E-state index is 13.3. The first kappa shape index (κ1) is 38.9. The van der Waals surface area contributed by atoms with Crippen LogP contribution in [0, 0.1) is 34.5 Å². The van der Waals surface area contributed by atoms with E-state index in [-0.39, 0.29) is 66.0 Å². The zero-order valence-corrected chi connectivity index (χ0v) is 31.8. The highest BCUT2D eigenvalue weighted by Crippen LogP contribution is 2.47. The Balaban J connectivity index is 1.54. The standard InChI is InChI=1S/C34H36Cl6O8/c1-15-9-33(3,4)11-17(15)13-45-29(41)23-25(39)19(35)7-21(37)27(23)47-31(43)32(44)48-28-22(38)8-20(36)26(40)24(28)30(42)46-14-18-12-34(5,6)10-16(18)2/h7-8,15-18H,9-14H2,1-6H3. The van der Waals surface area contributed by atoms with Gasteiger partial charge in [-0.1, -0.05) is 111 Å². The monoisotopic (exact) mass is 782 g/mol. The molecule has 0 bridgehead atoms. The molecular formula is C34H36Cl6O8. The molecule has 8 nitrogen and oxygen atoms in total. The summed E-state index contributed by atoms with van der Waals surface area (Å²) < 4.78 is 21.6. The summed E-state index contributed by atoms with van der Waals surface area (Å²) in [4.78, 5) is 52.7. The van der Waals surface area contributed by atoms with E-state index < -0.39 is 46.5 Å². The molecule has 48 heavy (non-hydrogen) atoms. The zero-order valence-electron chi connectivity index (χ0n) is 27.2. The zero-order chi connectivity index (χ0) is 35.9. The largest absolute Gasteiger partial charge is 0.462 e. The maximum Gasteiger partial charge on any atom is 0.423 e. The van der Waals surface area contributed by atoms with E-state index in [0.29, 0.717) is 11.8 Å². The van der Waals surface area contributed by atoms with Crippen molar-refractivity contribution >= 4 is 93.5 Å². The molecule has 14 heteroatoms. The van der Waals surface area contributed by atoms with Gasteiger partial charge in [-0.25, -0.2) is 19.2 Å². The van der Waals surface area contributed by atoms with Crippen LogP contribution in [0.1, 0.15) is 87.9 Å². The average Bonchev–Trinajstić information content (AvgIpc) is 3.41. The van der Waals surface area contributed by atoms with Crippen molar-refractivity contribution in [2.24, 2.45) is 34.5 Å². The SMILES string of the molecule is CC1CC(C)(C)CC1COC(=O)c1c(Cl)c(Cl)cc(Cl)c1OC(=O)C(=O)Oc1c(Cl)cc(Cl)c(Cl)c1C(=O)OCC1CC(C)(C)CC1C. The van der Waals surface area contributed by atoms with Gasteiger partial charge in [0.1, 0.15) is 11.1 Å². The molecule has 2 aliphatic carbocycles. The van der Waals surface area contributed by atoms with Crippen LogP contribution in [0.2, 0.25) is 30.1 Å². The Kier molecular flexibility index (Phi) is 12.2. The van der Waals surface area contributed by atoms with Crippen molar-refractivity contribution in [1.29, 1.82) is 0 Å². The van der Waals surface area contributed by atoms with E-state index in [0.717, 1.165) is 37.8 Å². The minimum absolute atomic E-state index is 0.0748. The normalized spacial score (nSPS) is 22.7. The molecule has 2 fully saturated rings. The molecule has 0 spiro atoms. The third kappa shape index (κ3) is 8.85. The molecule has 0 radical (unpaired) electrons. The first-order chi connectivity index (χ1) is 22.2. The van der Waals surface area contributed by atoms with Gasteiger partial charge in [0.05, 0.1) is 43.3 Å². The molecule has 2 aliphatic rings. The number of halogens is 6. The molecule has 2 aromatic rings.